The van der Waals surface area contributed by atoms with Crippen LogP contribution in [0.5, 0.6) is 0 Å². The molecule has 2 rings (SSSR count). The molecule has 0 aliphatic rings. The van der Waals surface area contributed by atoms with Gasteiger partial charge in [0, 0.05) is 18.5 Å². The summed E-state index contributed by atoms with van der Waals surface area (Å²) in [6.07, 6.45) is -3.60. The highest BCUT2D eigenvalue weighted by Gasteiger charge is 2.31. The molecule has 190 valence electrons. The summed E-state index contributed by atoms with van der Waals surface area (Å²) in [6.45, 7) is 0.351. The monoisotopic (exact) mass is 496 g/mol. The Morgan fingerprint density at radius 2 is 1.57 bits per heavy atom. The van der Waals surface area contributed by atoms with Crippen molar-refractivity contribution in [2.75, 3.05) is 11.9 Å². The van der Waals surface area contributed by atoms with Crippen molar-refractivity contribution in [1.29, 1.82) is 0 Å². The molecule has 8 nitrogen and oxygen atoms in total. The van der Waals surface area contributed by atoms with Gasteiger partial charge in [-0.15, -0.1) is 0 Å². The molecule has 0 saturated carbocycles. The van der Waals surface area contributed by atoms with Gasteiger partial charge in [-0.05, 0) is 36.6 Å². The molecule has 0 aliphatic heterocycles. The zero-order valence-electron chi connectivity index (χ0n) is 19.4. The number of quaternary nitrogens is 3. The molecule has 2 aromatic carbocycles. The largest absolute Gasteiger partial charge is 0.416 e. The molecule has 3 atom stereocenters. The van der Waals surface area contributed by atoms with Crippen LogP contribution in [0.2, 0.25) is 0 Å². The Morgan fingerprint density at radius 1 is 0.886 bits per heavy atom. The van der Waals surface area contributed by atoms with Gasteiger partial charge < -0.3 is 27.8 Å². The highest BCUT2D eigenvalue weighted by atomic mass is 19.4. The van der Waals surface area contributed by atoms with Crippen molar-refractivity contribution in [3.8, 4) is 0 Å². The molecular weight excluding hydrogens is 463 g/mol. The molecule has 2 amide bonds. The average Bonchev–Trinajstić information content (AvgIpc) is 2.84. The van der Waals surface area contributed by atoms with Gasteiger partial charge in [0.2, 0.25) is 5.91 Å². The van der Waals surface area contributed by atoms with Gasteiger partial charge >= 0.3 is 6.18 Å². The summed E-state index contributed by atoms with van der Waals surface area (Å²) >= 11 is 0. The second kappa shape index (κ2) is 13.0. The molecule has 0 radical (unpaired) electrons. The molecule has 2 aromatic rings. The summed E-state index contributed by atoms with van der Waals surface area (Å²) in [5.74, 6) is -1.29. The predicted molar refractivity (Wildman–Crippen MR) is 122 cm³/mol. The fraction of sp³-hybridized carbons (Fsp3) is 0.375. The lowest BCUT2D eigenvalue weighted by Crippen LogP contribution is -2.76. The fourth-order valence-corrected chi connectivity index (χ4v) is 3.33. The third-order valence-electron chi connectivity index (χ3n) is 5.57. The normalized spacial score (nSPS) is 14.0. The zero-order chi connectivity index (χ0) is 26.0. The number of benzene rings is 2. The summed E-state index contributed by atoms with van der Waals surface area (Å²) in [5.41, 5.74) is 11.1. The van der Waals surface area contributed by atoms with E-state index in [1.54, 1.807) is 0 Å². The number of hydrogen-bond donors (Lipinski definition) is 5. The Morgan fingerprint density at radius 3 is 2.20 bits per heavy atom. The second-order valence-corrected chi connectivity index (χ2v) is 8.34. The topological polar surface area (TPSA) is 158 Å². The van der Waals surface area contributed by atoms with Crippen LogP contribution in [0.25, 0.3) is 0 Å². The minimum absolute atomic E-state index is 0.0322. The van der Waals surface area contributed by atoms with Crippen molar-refractivity contribution in [3.63, 3.8) is 0 Å². The molecule has 0 bridgehead atoms. The Labute approximate surface area is 201 Å². The Balaban J connectivity index is 2.10. The van der Waals surface area contributed by atoms with Crippen molar-refractivity contribution in [2.24, 2.45) is 0 Å². The number of ketones is 1. The summed E-state index contributed by atoms with van der Waals surface area (Å²) in [5, 5.41) is 5.11. The lowest BCUT2D eigenvalue weighted by molar-refractivity contribution is -0.479. The van der Waals surface area contributed by atoms with Crippen molar-refractivity contribution >= 4 is 23.3 Å². The van der Waals surface area contributed by atoms with Crippen LogP contribution in [0, 0.1) is 0 Å². The number of hydrogen-bond acceptors (Lipinski definition) is 3. The first-order chi connectivity index (χ1) is 16.5. The van der Waals surface area contributed by atoms with Gasteiger partial charge in [-0.3, -0.25) is 14.4 Å². The van der Waals surface area contributed by atoms with E-state index in [0.29, 0.717) is 13.0 Å². The van der Waals surface area contributed by atoms with Gasteiger partial charge in [-0.1, -0.05) is 36.4 Å². The summed E-state index contributed by atoms with van der Waals surface area (Å²) in [4.78, 5) is 37.7. The fourth-order valence-electron chi connectivity index (χ4n) is 3.33. The summed E-state index contributed by atoms with van der Waals surface area (Å²) < 4.78 is 39.1. The van der Waals surface area contributed by atoms with Crippen LogP contribution < -0.4 is 27.8 Å². The van der Waals surface area contributed by atoms with Gasteiger partial charge in [0.1, 0.15) is 12.6 Å². The van der Waals surface area contributed by atoms with Gasteiger partial charge in [-0.25, -0.2) is 0 Å². The maximum Gasteiger partial charge on any atom is 0.416 e. The smallest absolute Gasteiger partial charge is 0.352 e. The third kappa shape index (κ3) is 9.12. The number of carbonyl (C=O) groups is 3. The first kappa shape index (κ1) is 28.0. The lowest BCUT2D eigenvalue weighted by atomic mass is 10.0. The van der Waals surface area contributed by atoms with Crippen molar-refractivity contribution < 1.29 is 44.8 Å². The number of aryl methyl sites for hydroxylation is 1. The quantitative estimate of drug-likeness (QED) is 0.271. The van der Waals surface area contributed by atoms with Crippen LogP contribution in [-0.2, 0) is 27.0 Å². The van der Waals surface area contributed by atoms with Gasteiger partial charge in [0.25, 0.3) is 5.91 Å². The van der Waals surface area contributed by atoms with E-state index in [2.05, 4.69) is 27.8 Å². The number of alkyl halides is 3. The molecule has 11 N–H and O–H groups in total. The average molecular weight is 497 g/mol. The molecular formula is C24H33F3N5O3+3. The molecule has 0 aliphatic carbocycles. The lowest BCUT2D eigenvalue weighted by Gasteiger charge is -2.20. The number of nitrogens with one attached hydrogen (secondary N) is 2. The molecule has 0 spiro atoms. The van der Waals surface area contributed by atoms with Crippen LogP contribution in [0.3, 0.4) is 0 Å². The van der Waals surface area contributed by atoms with E-state index < -0.39 is 41.7 Å². The van der Waals surface area contributed by atoms with E-state index in [9.17, 15) is 27.6 Å². The first-order valence-corrected chi connectivity index (χ1v) is 11.3. The van der Waals surface area contributed by atoms with Crippen molar-refractivity contribution in [1.82, 2.24) is 5.32 Å². The molecule has 0 aromatic heterocycles. The molecule has 11 heteroatoms. The standard InChI is InChI=1S/C24H30F3N5O3/c25-24(26,27)16-7-4-8-17(13-16)31-23(35)20(11-9-15-5-2-1-3-6-15)32-22(34)18(29)10-12-21(33)19(30)14-28/h1-8,13,18-20H,9-12,14,28-30H2,(H,31,35)(H,32,34)/p+3/t18-,19-,20-/m0/s1. The van der Waals surface area contributed by atoms with E-state index in [-0.39, 0.29) is 30.7 Å². The number of carbonyl (C=O) groups excluding carboxylic acids is 3. The molecule has 35 heavy (non-hydrogen) atoms. The van der Waals surface area contributed by atoms with Gasteiger partial charge in [-0.2, -0.15) is 13.2 Å². The van der Waals surface area contributed by atoms with Gasteiger partial charge in [0.05, 0.1) is 5.56 Å². The van der Waals surface area contributed by atoms with E-state index in [1.807, 2.05) is 30.3 Å². The summed E-state index contributed by atoms with van der Waals surface area (Å²) in [6, 6.07) is 11.3. The SMILES string of the molecule is [NH3+]C[C@H]([NH3+])C(=O)CC[C@H]([NH3+])C(=O)N[C@@H](CCc1ccccc1)C(=O)Nc1cccc(C(F)(F)F)c1. The van der Waals surface area contributed by atoms with Crippen LogP contribution in [0.4, 0.5) is 18.9 Å². The van der Waals surface area contributed by atoms with Crippen molar-refractivity contribution in [2.45, 2.75) is 50.0 Å². The van der Waals surface area contributed by atoms with Crippen LogP contribution in [-0.4, -0.2) is 42.3 Å². The highest BCUT2D eigenvalue weighted by molar-refractivity contribution is 5.97. The van der Waals surface area contributed by atoms with E-state index in [4.69, 9.17) is 0 Å². The number of Topliss-reactive ketones (excluding diaryl/α,β-unsaturated/α-hetero) is 1. The molecule has 0 saturated heterocycles. The molecule has 0 unspecified atom stereocenters. The van der Waals surface area contributed by atoms with E-state index in [0.717, 1.165) is 17.7 Å². The molecule has 0 heterocycles. The minimum Gasteiger partial charge on any atom is -0.352 e. The van der Waals surface area contributed by atoms with E-state index in [1.165, 1.54) is 12.1 Å². The zero-order valence-corrected chi connectivity index (χ0v) is 19.4. The maximum absolute atomic E-state index is 13.0. The third-order valence-corrected chi connectivity index (χ3v) is 5.57. The van der Waals surface area contributed by atoms with Crippen LogP contribution in [0.15, 0.2) is 54.6 Å². The second-order valence-electron chi connectivity index (χ2n) is 8.34. The number of anilines is 1. The van der Waals surface area contributed by atoms with Crippen molar-refractivity contribution in [3.05, 3.63) is 65.7 Å². The van der Waals surface area contributed by atoms with E-state index >= 15 is 0 Å². The van der Waals surface area contributed by atoms with Crippen LogP contribution >= 0.6 is 0 Å². The minimum atomic E-state index is -4.55. The maximum atomic E-state index is 13.0. The number of rotatable bonds is 12. The summed E-state index contributed by atoms with van der Waals surface area (Å²) in [7, 11) is 0. The van der Waals surface area contributed by atoms with Gasteiger partial charge in [0.15, 0.2) is 17.9 Å². The number of halogens is 3. The Bertz CT molecular complexity index is 1000. The number of amides is 2. The predicted octanol–water partition coefficient (Wildman–Crippen LogP) is -0.426. The Kier molecular flexibility index (Phi) is 10.4. The van der Waals surface area contributed by atoms with Crippen LogP contribution in [0.1, 0.15) is 30.4 Å². The molecule has 0 fully saturated rings. The Hall–Kier alpha value is -3.28. The highest BCUT2D eigenvalue weighted by Crippen LogP contribution is 2.30. The first-order valence-electron chi connectivity index (χ1n) is 11.3.